The molecule has 0 aliphatic heterocycles. The SMILES string of the molecule is Cc1ccc(-c2nnc(S(=O)(=O)Cl)n2C)cn1. The molecule has 0 aliphatic rings. The highest BCUT2D eigenvalue weighted by atomic mass is 35.7. The molecule has 0 spiro atoms. The van der Waals surface area contributed by atoms with Crippen LogP contribution in [-0.2, 0) is 16.1 Å². The first-order valence-corrected chi connectivity index (χ1v) is 6.97. The van der Waals surface area contributed by atoms with Crippen molar-refractivity contribution >= 4 is 19.7 Å². The van der Waals surface area contributed by atoms with Gasteiger partial charge in [0.2, 0.25) is 0 Å². The number of rotatable bonds is 2. The Labute approximate surface area is 103 Å². The third kappa shape index (κ3) is 2.29. The standard InChI is InChI=1S/C9H9ClN4O2S/c1-6-3-4-7(5-11-6)8-12-13-9(14(8)2)17(10,15)16/h3-5H,1-2H3. The minimum atomic E-state index is -3.89. The summed E-state index contributed by atoms with van der Waals surface area (Å²) in [6.45, 7) is 1.86. The highest BCUT2D eigenvalue weighted by Gasteiger charge is 2.20. The summed E-state index contributed by atoms with van der Waals surface area (Å²) in [7, 11) is 2.87. The highest BCUT2D eigenvalue weighted by Crippen LogP contribution is 2.20. The Bertz CT molecular complexity index is 648. The normalized spacial score (nSPS) is 11.7. The summed E-state index contributed by atoms with van der Waals surface area (Å²) >= 11 is 0. The third-order valence-corrected chi connectivity index (χ3v) is 3.43. The summed E-state index contributed by atoms with van der Waals surface area (Å²) in [4.78, 5) is 4.10. The Morgan fingerprint density at radius 2 is 2.00 bits per heavy atom. The lowest BCUT2D eigenvalue weighted by molar-refractivity contribution is 0.593. The van der Waals surface area contributed by atoms with Gasteiger partial charge >= 0.3 is 0 Å². The molecule has 0 fully saturated rings. The summed E-state index contributed by atoms with van der Waals surface area (Å²) in [5.41, 5.74) is 1.54. The van der Waals surface area contributed by atoms with Crippen molar-refractivity contribution in [3.8, 4) is 11.4 Å². The van der Waals surface area contributed by atoms with Crippen LogP contribution in [-0.4, -0.2) is 28.2 Å². The molecule has 2 aromatic rings. The lowest BCUT2D eigenvalue weighted by Crippen LogP contribution is -2.02. The summed E-state index contributed by atoms with van der Waals surface area (Å²) < 4.78 is 23.7. The van der Waals surface area contributed by atoms with Gasteiger partial charge in [0.15, 0.2) is 5.82 Å². The van der Waals surface area contributed by atoms with Gasteiger partial charge in [-0.2, -0.15) is 0 Å². The van der Waals surface area contributed by atoms with Crippen molar-refractivity contribution in [2.45, 2.75) is 12.1 Å². The fourth-order valence-electron chi connectivity index (χ4n) is 1.38. The first kappa shape index (κ1) is 12.0. The van der Waals surface area contributed by atoms with Crippen molar-refractivity contribution in [1.29, 1.82) is 0 Å². The summed E-state index contributed by atoms with van der Waals surface area (Å²) in [5.74, 6) is 0.400. The fraction of sp³-hybridized carbons (Fsp3) is 0.222. The number of aromatic nitrogens is 4. The summed E-state index contributed by atoms with van der Waals surface area (Å²) in [5, 5.41) is 7.06. The van der Waals surface area contributed by atoms with Crippen molar-refractivity contribution in [3.63, 3.8) is 0 Å². The zero-order valence-electron chi connectivity index (χ0n) is 9.12. The van der Waals surface area contributed by atoms with Crippen molar-refractivity contribution in [3.05, 3.63) is 24.0 Å². The van der Waals surface area contributed by atoms with Gasteiger partial charge < -0.3 is 0 Å². The quantitative estimate of drug-likeness (QED) is 0.766. The lowest BCUT2D eigenvalue weighted by atomic mass is 10.2. The molecule has 2 rings (SSSR count). The van der Waals surface area contributed by atoms with Crippen molar-refractivity contribution in [2.24, 2.45) is 7.05 Å². The van der Waals surface area contributed by atoms with E-state index in [1.165, 1.54) is 11.6 Å². The second-order valence-electron chi connectivity index (χ2n) is 3.49. The zero-order valence-corrected chi connectivity index (χ0v) is 10.7. The molecule has 0 N–H and O–H groups in total. The van der Waals surface area contributed by atoms with Crippen LogP contribution in [0.2, 0.25) is 0 Å². The second-order valence-corrected chi connectivity index (χ2v) is 5.95. The van der Waals surface area contributed by atoms with E-state index >= 15 is 0 Å². The van der Waals surface area contributed by atoms with E-state index in [1.807, 2.05) is 6.92 Å². The van der Waals surface area contributed by atoms with Gasteiger partial charge in [-0.25, -0.2) is 8.42 Å². The topological polar surface area (TPSA) is 77.7 Å². The van der Waals surface area contributed by atoms with E-state index in [2.05, 4.69) is 15.2 Å². The van der Waals surface area contributed by atoms with Gasteiger partial charge in [0.25, 0.3) is 14.2 Å². The van der Waals surface area contributed by atoms with Gasteiger partial charge in [-0.3, -0.25) is 9.55 Å². The molecule has 0 aromatic carbocycles. The molecular formula is C9H9ClN4O2S. The van der Waals surface area contributed by atoms with Crippen LogP contribution in [0.3, 0.4) is 0 Å². The van der Waals surface area contributed by atoms with Crippen molar-refractivity contribution in [1.82, 2.24) is 19.7 Å². The number of hydrogen-bond acceptors (Lipinski definition) is 5. The number of hydrogen-bond donors (Lipinski definition) is 0. The van der Waals surface area contributed by atoms with Crippen LogP contribution in [0.5, 0.6) is 0 Å². The van der Waals surface area contributed by atoms with Gasteiger partial charge in [-0.15, -0.1) is 10.2 Å². The number of halogens is 1. The lowest BCUT2D eigenvalue weighted by Gasteiger charge is -2.01. The molecule has 8 heteroatoms. The predicted octanol–water partition coefficient (Wildman–Crippen LogP) is 1.11. The smallest absolute Gasteiger partial charge is 0.296 e. The Kier molecular flexibility index (Phi) is 2.88. The molecule has 0 aliphatic carbocycles. The molecule has 0 saturated carbocycles. The Morgan fingerprint density at radius 3 is 2.47 bits per heavy atom. The van der Waals surface area contributed by atoms with E-state index in [1.54, 1.807) is 18.3 Å². The summed E-state index contributed by atoms with van der Waals surface area (Å²) in [6, 6.07) is 3.59. The molecule has 2 heterocycles. The summed E-state index contributed by atoms with van der Waals surface area (Å²) in [6.07, 6.45) is 1.60. The van der Waals surface area contributed by atoms with Crippen molar-refractivity contribution in [2.75, 3.05) is 0 Å². The Morgan fingerprint density at radius 1 is 1.29 bits per heavy atom. The van der Waals surface area contributed by atoms with Gasteiger partial charge in [-0.05, 0) is 19.1 Å². The predicted molar refractivity (Wildman–Crippen MR) is 62.0 cm³/mol. The Hall–Kier alpha value is -1.47. The van der Waals surface area contributed by atoms with Crippen LogP contribution >= 0.6 is 10.7 Å². The van der Waals surface area contributed by atoms with E-state index in [-0.39, 0.29) is 5.16 Å². The molecule has 0 saturated heterocycles. The molecule has 17 heavy (non-hydrogen) atoms. The molecule has 0 unspecified atom stereocenters. The largest absolute Gasteiger partial charge is 0.300 e. The van der Waals surface area contributed by atoms with E-state index in [0.717, 1.165) is 5.69 Å². The first-order chi connectivity index (χ1) is 7.89. The van der Waals surface area contributed by atoms with E-state index in [4.69, 9.17) is 10.7 Å². The maximum atomic E-state index is 11.2. The molecule has 90 valence electrons. The Balaban J connectivity index is 2.55. The zero-order chi connectivity index (χ0) is 12.6. The number of pyridine rings is 1. The molecule has 2 aromatic heterocycles. The second kappa shape index (κ2) is 4.08. The average molecular weight is 273 g/mol. The van der Waals surface area contributed by atoms with Gasteiger partial charge in [0.05, 0.1) is 0 Å². The highest BCUT2D eigenvalue weighted by molar-refractivity contribution is 8.13. The minimum absolute atomic E-state index is 0.283. The first-order valence-electron chi connectivity index (χ1n) is 4.66. The van der Waals surface area contributed by atoms with Crippen LogP contribution in [0, 0.1) is 6.92 Å². The monoisotopic (exact) mass is 272 g/mol. The maximum absolute atomic E-state index is 11.2. The van der Waals surface area contributed by atoms with E-state index in [0.29, 0.717) is 11.4 Å². The number of nitrogens with zero attached hydrogens (tertiary/aromatic N) is 4. The van der Waals surface area contributed by atoms with Crippen LogP contribution in [0.4, 0.5) is 0 Å². The van der Waals surface area contributed by atoms with Gasteiger partial charge in [-0.1, -0.05) is 0 Å². The van der Waals surface area contributed by atoms with Crippen LogP contribution in [0.25, 0.3) is 11.4 Å². The third-order valence-electron chi connectivity index (χ3n) is 2.22. The van der Waals surface area contributed by atoms with Crippen LogP contribution in [0.15, 0.2) is 23.5 Å². The van der Waals surface area contributed by atoms with Gasteiger partial charge in [0.1, 0.15) is 0 Å². The molecule has 6 nitrogen and oxygen atoms in total. The fourth-order valence-corrected chi connectivity index (χ4v) is 2.33. The minimum Gasteiger partial charge on any atom is -0.300 e. The molecular weight excluding hydrogens is 264 g/mol. The molecule has 0 amide bonds. The molecule has 0 bridgehead atoms. The van der Waals surface area contributed by atoms with Crippen LogP contribution in [0.1, 0.15) is 5.69 Å². The van der Waals surface area contributed by atoms with Crippen molar-refractivity contribution < 1.29 is 8.42 Å². The molecule has 0 atom stereocenters. The average Bonchev–Trinajstić information content (AvgIpc) is 2.61. The van der Waals surface area contributed by atoms with Gasteiger partial charge in [0, 0.05) is 35.2 Å². The van der Waals surface area contributed by atoms with E-state index < -0.39 is 9.05 Å². The van der Waals surface area contributed by atoms with E-state index in [9.17, 15) is 8.42 Å². The maximum Gasteiger partial charge on any atom is 0.296 e. The molecule has 0 radical (unpaired) electrons. The number of aryl methyl sites for hydroxylation is 1. The van der Waals surface area contributed by atoms with Crippen LogP contribution < -0.4 is 0 Å².